The number of benzene rings is 1. The average molecular weight is 393 g/mol. The Labute approximate surface area is 158 Å². The van der Waals surface area contributed by atoms with E-state index in [2.05, 4.69) is 69.8 Å². The number of hydrogen-bond acceptors (Lipinski definition) is 5. The number of imidazole rings is 1. The van der Waals surface area contributed by atoms with Crippen molar-refractivity contribution < 1.29 is 8.42 Å². The predicted octanol–water partition coefficient (Wildman–Crippen LogP) is 3.70. The third kappa shape index (κ3) is 3.67. The second-order valence-electron chi connectivity index (χ2n) is 8.57. The minimum atomic E-state index is -3.82. The molecular formula is C18H24N4O2S2. The highest BCUT2D eigenvalue weighted by Crippen LogP contribution is 2.34. The van der Waals surface area contributed by atoms with Gasteiger partial charge >= 0.3 is 0 Å². The summed E-state index contributed by atoms with van der Waals surface area (Å²) in [5.74, 6) is 0. The summed E-state index contributed by atoms with van der Waals surface area (Å²) in [4.78, 5) is 5.06. The van der Waals surface area contributed by atoms with Gasteiger partial charge in [-0.15, -0.1) is 5.10 Å². The maximum atomic E-state index is 11.5. The molecule has 0 amide bonds. The van der Waals surface area contributed by atoms with Gasteiger partial charge in [-0.1, -0.05) is 58.9 Å². The van der Waals surface area contributed by atoms with Crippen LogP contribution in [0.5, 0.6) is 0 Å². The van der Waals surface area contributed by atoms with Gasteiger partial charge in [0, 0.05) is 5.56 Å². The minimum absolute atomic E-state index is 0.00613. The van der Waals surface area contributed by atoms with Crippen molar-refractivity contribution in [2.24, 2.45) is 5.14 Å². The van der Waals surface area contributed by atoms with Crippen LogP contribution in [0.25, 0.3) is 16.2 Å². The largest absolute Gasteiger partial charge is 0.267 e. The molecule has 3 rings (SSSR count). The van der Waals surface area contributed by atoms with Crippen molar-refractivity contribution in [3.63, 3.8) is 0 Å². The standard InChI is InChI=1S/C18H24N4O2S2/c1-17(2,3)12-7-11(8-13(9-12)18(4,5)6)14-10-22-15(20-14)25-16(21-22)26(19,23)24/h7-10H,1-6H3,(H2,19,23,24). The van der Waals surface area contributed by atoms with Crippen LogP contribution >= 0.6 is 11.3 Å². The fraction of sp³-hybridized carbons (Fsp3) is 0.444. The topological polar surface area (TPSA) is 90.4 Å². The van der Waals surface area contributed by atoms with E-state index in [4.69, 9.17) is 5.14 Å². The summed E-state index contributed by atoms with van der Waals surface area (Å²) >= 11 is 0.967. The summed E-state index contributed by atoms with van der Waals surface area (Å²) in [6, 6.07) is 6.53. The lowest BCUT2D eigenvalue weighted by molar-refractivity contribution is 0.569. The lowest BCUT2D eigenvalue weighted by atomic mass is 9.79. The molecule has 1 aromatic carbocycles. The molecule has 0 aliphatic carbocycles. The van der Waals surface area contributed by atoms with Crippen molar-refractivity contribution in [3.05, 3.63) is 35.5 Å². The molecule has 0 spiro atoms. The Hall–Kier alpha value is -1.77. The van der Waals surface area contributed by atoms with Gasteiger partial charge in [-0.05, 0) is 34.1 Å². The highest BCUT2D eigenvalue weighted by molar-refractivity contribution is 7.91. The Kier molecular flexibility index (Phi) is 4.29. The summed E-state index contributed by atoms with van der Waals surface area (Å²) in [6.07, 6.45) is 1.74. The second-order valence-corrected chi connectivity index (χ2v) is 11.3. The molecule has 6 nitrogen and oxygen atoms in total. The summed E-state index contributed by atoms with van der Waals surface area (Å²) in [5, 5.41) is 9.18. The fourth-order valence-corrected chi connectivity index (χ4v) is 4.08. The summed E-state index contributed by atoms with van der Waals surface area (Å²) in [7, 11) is -3.82. The van der Waals surface area contributed by atoms with Crippen LogP contribution in [0.1, 0.15) is 52.7 Å². The van der Waals surface area contributed by atoms with E-state index in [1.807, 2.05) is 0 Å². The maximum Gasteiger partial charge on any atom is 0.267 e. The van der Waals surface area contributed by atoms with Crippen LogP contribution < -0.4 is 5.14 Å². The molecule has 0 aliphatic rings. The number of sulfonamides is 1. The molecule has 0 saturated carbocycles. The van der Waals surface area contributed by atoms with Crippen LogP contribution in [0.3, 0.4) is 0 Å². The van der Waals surface area contributed by atoms with Crippen LogP contribution in [0.4, 0.5) is 0 Å². The van der Waals surface area contributed by atoms with E-state index in [0.29, 0.717) is 4.96 Å². The van der Waals surface area contributed by atoms with E-state index in [1.54, 1.807) is 6.20 Å². The quantitative estimate of drug-likeness (QED) is 0.720. The number of nitrogens with two attached hydrogens (primary N) is 1. The molecule has 2 N–H and O–H groups in total. The van der Waals surface area contributed by atoms with Gasteiger partial charge in [-0.2, -0.15) is 0 Å². The predicted molar refractivity (Wildman–Crippen MR) is 105 cm³/mol. The summed E-state index contributed by atoms with van der Waals surface area (Å²) < 4.78 is 24.2. The van der Waals surface area contributed by atoms with Gasteiger partial charge in [0.1, 0.15) is 0 Å². The summed E-state index contributed by atoms with van der Waals surface area (Å²) in [5.41, 5.74) is 4.24. The van der Waals surface area contributed by atoms with E-state index in [-0.39, 0.29) is 15.2 Å². The van der Waals surface area contributed by atoms with Crippen molar-refractivity contribution >= 4 is 26.3 Å². The van der Waals surface area contributed by atoms with Crippen molar-refractivity contribution in [1.82, 2.24) is 14.6 Å². The van der Waals surface area contributed by atoms with Crippen LogP contribution in [0.15, 0.2) is 28.7 Å². The van der Waals surface area contributed by atoms with Gasteiger partial charge in [0.25, 0.3) is 10.0 Å². The van der Waals surface area contributed by atoms with Crippen molar-refractivity contribution in [2.75, 3.05) is 0 Å². The first kappa shape index (κ1) is 19.0. The lowest BCUT2D eigenvalue weighted by Gasteiger charge is -2.26. The highest BCUT2D eigenvalue weighted by atomic mass is 32.2. The van der Waals surface area contributed by atoms with Gasteiger partial charge in [0.2, 0.25) is 9.30 Å². The molecule has 3 aromatic rings. The SMILES string of the molecule is CC(C)(C)c1cc(-c2cn3nc(S(N)(=O)=O)sc3n2)cc(C(C)(C)C)c1. The Morgan fingerprint density at radius 3 is 1.96 bits per heavy atom. The zero-order chi connectivity index (χ0) is 19.5. The van der Waals surface area contributed by atoms with Crippen molar-refractivity contribution in [1.29, 1.82) is 0 Å². The van der Waals surface area contributed by atoms with E-state index >= 15 is 0 Å². The molecule has 140 valence electrons. The Bertz CT molecular complexity index is 1020. The number of nitrogens with zero attached hydrogens (tertiary/aromatic N) is 3. The van der Waals surface area contributed by atoms with Gasteiger partial charge in [-0.3, -0.25) is 0 Å². The van der Waals surface area contributed by atoms with Crippen LogP contribution in [0, 0.1) is 0 Å². The van der Waals surface area contributed by atoms with Gasteiger partial charge in [-0.25, -0.2) is 23.1 Å². The molecule has 2 heterocycles. The van der Waals surface area contributed by atoms with Crippen molar-refractivity contribution in [3.8, 4) is 11.3 Å². The van der Waals surface area contributed by atoms with E-state index in [1.165, 1.54) is 15.6 Å². The Morgan fingerprint density at radius 2 is 1.54 bits per heavy atom. The molecule has 0 aliphatic heterocycles. The zero-order valence-corrected chi connectivity index (χ0v) is 17.5. The lowest BCUT2D eigenvalue weighted by Crippen LogP contribution is -2.16. The van der Waals surface area contributed by atoms with Crippen LogP contribution in [-0.2, 0) is 20.9 Å². The maximum absolute atomic E-state index is 11.5. The third-order valence-corrected chi connectivity index (χ3v) is 6.46. The number of aromatic nitrogens is 3. The number of fused-ring (bicyclic) bond motifs is 1. The molecule has 0 atom stereocenters. The fourth-order valence-electron chi connectivity index (χ4n) is 2.58. The highest BCUT2D eigenvalue weighted by Gasteiger charge is 2.22. The van der Waals surface area contributed by atoms with E-state index < -0.39 is 10.0 Å². The minimum Gasteiger partial charge on any atom is -0.223 e. The molecule has 0 radical (unpaired) electrons. The molecule has 26 heavy (non-hydrogen) atoms. The Morgan fingerprint density at radius 1 is 1.00 bits per heavy atom. The molecule has 0 fully saturated rings. The molecular weight excluding hydrogens is 368 g/mol. The molecule has 0 bridgehead atoms. The monoisotopic (exact) mass is 392 g/mol. The van der Waals surface area contributed by atoms with Gasteiger partial charge < -0.3 is 0 Å². The number of hydrogen-bond donors (Lipinski definition) is 1. The smallest absolute Gasteiger partial charge is 0.223 e. The first-order valence-corrected chi connectivity index (χ1v) is 10.7. The molecule has 0 saturated heterocycles. The van der Waals surface area contributed by atoms with Crippen LogP contribution in [0.2, 0.25) is 0 Å². The van der Waals surface area contributed by atoms with Crippen molar-refractivity contribution in [2.45, 2.75) is 56.7 Å². The normalized spacial score (nSPS) is 13.5. The Balaban J connectivity index is 2.16. The van der Waals surface area contributed by atoms with Gasteiger partial charge in [0.15, 0.2) is 0 Å². The van der Waals surface area contributed by atoms with E-state index in [0.717, 1.165) is 22.6 Å². The number of primary sulfonamides is 1. The third-order valence-electron chi connectivity index (χ3n) is 4.23. The number of rotatable bonds is 2. The van der Waals surface area contributed by atoms with Gasteiger partial charge in [0.05, 0.1) is 11.9 Å². The molecule has 8 heteroatoms. The summed E-state index contributed by atoms with van der Waals surface area (Å²) in [6.45, 7) is 13.1. The molecule has 2 aromatic heterocycles. The molecule has 0 unspecified atom stereocenters. The average Bonchev–Trinajstić information content (AvgIpc) is 3.02. The first-order valence-electron chi connectivity index (χ1n) is 8.30. The first-order chi connectivity index (χ1) is 11.7. The zero-order valence-electron chi connectivity index (χ0n) is 15.9. The van der Waals surface area contributed by atoms with Crippen LogP contribution in [-0.4, -0.2) is 23.0 Å². The van der Waals surface area contributed by atoms with E-state index in [9.17, 15) is 8.42 Å². The second kappa shape index (κ2) is 5.87.